The molecule has 2 amide bonds. The van der Waals surface area contributed by atoms with E-state index in [1.807, 2.05) is 6.07 Å². The Hall–Kier alpha value is -3.07. The summed E-state index contributed by atoms with van der Waals surface area (Å²) in [5.74, 6) is -0.0722. The zero-order chi connectivity index (χ0) is 20.7. The Labute approximate surface area is 169 Å². The molecule has 3 rings (SSSR count). The fourth-order valence-electron chi connectivity index (χ4n) is 2.72. The first-order valence-electron chi connectivity index (χ1n) is 9.18. The van der Waals surface area contributed by atoms with Crippen LogP contribution in [-0.4, -0.2) is 52.3 Å². The summed E-state index contributed by atoms with van der Waals surface area (Å²) >= 11 is 0. The second kappa shape index (κ2) is 9.42. The molecule has 0 unspecified atom stereocenters. The van der Waals surface area contributed by atoms with E-state index in [4.69, 9.17) is 9.47 Å². The second-order valence-corrected chi connectivity index (χ2v) is 8.46. The highest BCUT2D eigenvalue weighted by Gasteiger charge is 2.20. The molecule has 0 saturated carbocycles. The number of carbonyl (C=O) groups is 2. The molecule has 2 N–H and O–H groups in total. The maximum Gasteiger partial charge on any atom is 0.251 e. The molecule has 0 spiro atoms. The van der Waals surface area contributed by atoms with Crippen molar-refractivity contribution in [3.63, 3.8) is 0 Å². The molecule has 8 nitrogen and oxygen atoms in total. The summed E-state index contributed by atoms with van der Waals surface area (Å²) < 4.78 is 35.7. The van der Waals surface area contributed by atoms with Crippen molar-refractivity contribution in [2.45, 2.75) is 11.3 Å². The molecule has 0 aromatic heterocycles. The monoisotopic (exact) mass is 418 g/mol. The van der Waals surface area contributed by atoms with E-state index in [1.165, 1.54) is 12.1 Å². The van der Waals surface area contributed by atoms with Crippen LogP contribution in [0.5, 0.6) is 11.5 Å². The second-order valence-electron chi connectivity index (χ2n) is 6.35. The first kappa shape index (κ1) is 20.7. The Kier molecular flexibility index (Phi) is 6.71. The lowest BCUT2D eigenvalue weighted by atomic mass is 10.2. The minimum atomic E-state index is -3.64. The summed E-state index contributed by atoms with van der Waals surface area (Å²) in [5, 5.41) is 5.28. The molecule has 0 saturated heterocycles. The molecule has 1 aliphatic rings. The van der Waals surface area contributed by atoms with Gasteiger partial charge in [0.2, 0.25) is 5.91 Å². The highest BCUT2D eigenvalue weighted by molar-refractivity contribution is 7.91. The molecule has 0 aliphatic carbocycles. The highest BCUT2D eigenvalue weighted by Crippen LogP contribution is 2.32. The van der Waals surface area contributed by atoms with Gasteiger partial charge in [0.05, 0.1) is 10.6 Å². The average Bonchev–Trinajstić information content (AvgIpc) is 2.75. The van der Waals surface area contributed by atoms with E-state index in [2.05, 4.69) is 10.6 Å². The number of carbonyl (C=O) groups excluding carboxylic acids is 2. The smallest absolute Gasteiger partial charge is 0.251 e. The minimum Gasteiger partial charge on any atom is -0.486 e. The number of hydrogen-bond donors (Lipinski definition) is 2. The Morgan fingerprint density at radius 3 is 2.34 bits per heavy atom. The van der Waals surface area contributed by atoms with Crippen molar-refractivity contribution >= 4 is 21.7 Å². The van der Waals surface area contributed by atoms with E-state index in [0.29, 0.717) is 30.3 Å². The number of sulfone groups is 1. The fourth-order valence-corrected chi connectivity index (χ4v) is 3.97. The zero-order valence-electron chi connectivity index (χ0n) is 15.7. The van der Waals surface area contributed by atoms with Crippen LogP contribution in [0.1, 0.15) is 16.8 Å². The summed E-state index contributed by atoms with van der Waals surface area (Å²) in [5.41, 5.74) is 0.532. The van der Waals surface area contributed by atoms with Crippen molar-refractivity contribution in [3.8, 4) is 11.5 Å². The maximum atomic E-state index is 12.5. The first-order valence-corrected chi connectivity index (χ1v) is 10.8. The van der Waals surface area contributed by atoms with Gasteiger partial charge in [0.1, 0.15) is 13.2 Å². The van der Waals surface area contributed by atoms with Crippen molar-refractivity contribution in [1.29, 1.82) is 0 Å². The van der Waals surface area contributed by atoms with Crippen LogP contribution in [0.15, 0.2) is 53.4 Å². The molecular formula is C20H22N2O6S. The third kappa shape index (κ3) is 5.71. The lowest BCUT2D eigenvalue weighted by molar-refractivity contribution is -0.120. The van der Waals surface area contributed by atoms with Crippen LogP contribution in [-0.2, 0) is 14.6 Å². The number of ether oxygens (including phenoxy) is 2. The van der Waals surface area contributed by atoms with Gasteiger partial charge in [-0.25, -0.2) is 8.42 Å². The Balaban J connectivity index is 1.42. The molecule has 1 aliphatic heterocycles. The van der Waals surface area contributed by atoms with Crippen molar-refractivity contribution in [1.82, 2.24) is 10.6 Å². The van der Waals surface area contributed by atoms with E-state index < -0.39 is 15.7 Å². The molecule has 2 aromatic carbocycles. The van der Waals surface area contributed by atoms with Crippen LogP contribution in [0.2, 0.25) is 0 Å². The number of hydrogen-bond acceptors (Lipinski definition) is 6. The van der Waals surface area contributed by atoms with E-state index in [0.717, 1.165) is 0 Å². The standard InChI is InChI=1S/C20H22N2O6S/c23-19(21-9-10-22-20(24)15-4-2-1-3-5-15)8-13-29(25,26)16-6-7-17-18(14-16)28-12-11-27-17/h1-7,14H,8-13H2,(H,21,23)(H,22,24). The Morgan fingerprint density at radius 2 is 1.59 bits per heavy atom. The predicted octanol–water partition coefficient (Wildman–Crippen LogP) is 1.17. The average molecular weight is 418 g/mol. The molecule has 2 aromatic rings. The van der Waals surface area contributed by atoms with Crippen molar-refractivity contribution in [2.75, 3.05) is 32.1 Å². The highest BCUT2D eigenvalue weighted by atomic mass is 32.2. The number of rotatable bonds is 8. The molecule has 9 heteroatoms. The largest absolute Gasteiger partial charge is 0.486 e. The number of fused-ring (bicyclic) bond motifs is 1. The summed E-state index contributed by atoms with van der Waals surface area (Å²) in [6.45, 7) is 1.24. The van der Waals surface area contributed by atoms with Gasteiger partial charge in [-0.2, -0.15) is 0 Å². The summed E-state index contributed by atoms with van der Waals surface area (Å²) in [6.07, 6.45) is -0.177. The van der Waals surface area contributed by atoms with Gasteiger partial charge in [0.25, 0.3) is 5.91 Å². The molecule has 0 fully saturated rings. The summed E-state index contributed by atoms with van der Waals surface area (Å²) in [7, 11) is -3.64. The third-order valence-electron chi connectivity index (χ3n) is 4.24. The van der Waals surface area contributed by atoms with Gasteiger partial charge in [0.15, 0.2) is 21.3 Å². The van der Waals surface area contributed by atoms with Gasteiger partial charge in [0, 0.05) is 31.1 Å². The topological polar surface area (TPSA) is 111 Å². The molecule has 0 bridgehead atoms. The van der Waals surface area contributed by atoms with E-state index in [9.17, 15) is 18.0 Å². The van der Waals surface area contributed by atoms with Gasteiger partial charge < -0.3 is 20.1 Å². The van der Waals surface area contributed by atoms with Crippen molar-refractivity contribution in [3.05, 3.63) is 54.1 Å². The number of nitrogens with one attached hydrogen (secondary N) is 2. The van der Waals surface area contributed by atoms with E-state index in [-0.39, 0.29) is 36.1 Å². The predicted molar refractivity (Wildman–Crippen MR) is 106 cm³/mol. The van der Waals surface area contributed by atoms with Gasteiger partial charge in [-0.05, 0) is 24.3 Å². The van der Waals surface area contributed by atoms with Crippen LogP contribution in [0.25, 0.3) is 0 Å². The third-order valence-corrected chi connectivity index (χ3v) is 5.95. The van der Waals surface area contributed by atoms with Crippen LogP contribution in [0, 0.1) is 0 Å². The van der Waals surface area contributed by atoms with Crippen LogP contribution in [0.3, 0.4) is 0 Å². The van der Waals surface area contributed by atoms with Gasteiger partial charge in [-0.1, -0.05) is 18.2 Å². The molecule has 0 radical (unpaired) electrons. The molecule has 154 valence electrons. The zero-order valence-corrected chi connectivity index (χ0v) is 16.5. The van der Waals surface area contributed by atoms with Gasteiger partial charge in [-0.3, -0.25) is 9.59 Å². The SMILES string of the molecule is O=C(CCS(=O)(=O)c1ccc2c(c1)OCCO2)NCCNC(=O)c1ccccc1. The Morgan fingerprint density at radius 1 is 0.897 bits per heavy atom. The number of benzene rings is 2. The van der Waals surface area contributed by atoms with E-state index >= 15 is 0 Å². The molecule has 29 heavy (non-hydrogen) atoms. The van der Waals surface area contributed by atoms with Gasteiger partial charge in [-0.15, -0.1) is 0 Å². The number of amides is 2. The normalized spacial score (nSPS) is 12.8. The van der Waals surface area contributed by atoms with E-state index in [1.54, 1.807) is 30.3 Å². The quantitative estimate of drug-likeness (QED) is 0.623. The first-order chi connectivity index (χ1) is 14.0. The summed E-state index contributed by atoms with van der Waals surface area (Å²) in [4.78, 5) is 23.9. The van der Waals surface area contributed by atoms with Crippen molar-refractivity contribution in [2.24, 2.45) is 0 Å². The molecule has 1 heterocycles. The summed E-state index contributed by atoms with van der Waals surface area (Å²) in [6, 6.07) is 13.1. The maximum absolute atomic E-state index is 12.5. The van der Waals surface area contributed by atoms with Crippen LogP contribution in [0.4, 0.5) is 0 Å². The lowest BCUT2D eigenvalue weighted by Crippen LogP contribution is -2.35. The molecule has 0 atom stereocenters. The van der Waals surface area contributed by atoms with Crippen molar-refractivity contribution < 1.29 is 27.5 Å². The molecular weight excluding hydrogens is 396 g/mol. The Bertz CT molecular complexity index is 976. The van der Waals surface area contributed by atoms with Crippen LogP contribution < -0.4 is 20.1 Å². The lowest BCUT2D eigenvalue weighted by Gasteiger charge is -2.18. The van der Waals surface area contributed by atoms with Gasteiger partial charge >= 0.3 is 0 Å². The van der Waals surface area contributed by atoms with Crippen LogP contribution >= 0.6 is 0 Å². The fraction of sp³-hybridized carbons (Fsp3) is 0.300. The minimum absolute atomic E-state index is 0.0877.